The van der Waals surface area contributed by atoms with Crippen molar-refractivity contribution in [3.8, 4) is 5.75 Å². The van der Waals surface area contributed by atoms with Gasteiger partial charge in [-0.2, -0.15) is 0 Å². The summed E-state index contributed by atoms with van der Waals surface area (Å²) < 4.78 is 11.8. The number of morpholine rings is 1. The van der Waals surface area contributed by atoms with Crippen LogP contribution in [0.3, 0.4) is 0 Å². The van der Waals surface area contributed by atoms with Gasteiger partial charge in [-0.1, -0.05) is 48.5 Å². The summed E-state index contributed by atoms with van der Waals surface area (Å²) in [7, 11) is 0. The molecule has 1 fully saturated rings. The predicted molar refractivity (Wildman–Crippen MR) is 111 cm³/mol. The first-order valence-electron chi connectivity index (χ1n) is 9.74. The maximum atomic E-state index is 12.8. The van der Waals surface area contributed by atoms with E-state index in [1.807, 2.05) is 67.3 Å². The molecule has 0 N–H and O–H groups in total. The smallest absolute Gasteiger partial charge is 0.254 e. The number of carbonyl (C=O) groups excluding carboxylic acids is 1. The van der Waals surface area contributed by atoms with E-state index in [2.05, 4.69) is 18.2 Å². The molecule has 0 aliphatic carbocycles. The molecule has 1 aliphatic heterocycles. The SMILES string of the molecule is C[C@H]1CN(C(=O)c2ccc(COc3cccc4ccccc34)cc2)C[C@H](C)O1. The first kappa shape index (κ1) is 18.5. The number of amides is 1. The van der Waals surface area contributed by atoms with Crippen LogP contribution in [0.5, 0.6) is 5.75 Å². The highest BCUT2D eigenvalue weighted by Gasteiger charge is 2.26. The summed E-state index contributed by atoms with van der Waals surface area (Å²) in [6.07, 6.45) is 0.141. The van der Waals surface area contributed by atoms with Crippen molar-refractivity contribution < 1.29 is 14.3 Å². The maximum Gasteiger partial charge on any atom is 0.254 e. The molecule has 3 aromatic carbocycles. The third-order valence-corrected chi connectivity index (χ3v) is 5.05. The van der Waals surface area contributed by atoms with Crippen molar-refractivity contribution >= 4 is 16.7 Å². The van der Waals surface area contributed by atoms with E-state index < -0.39 is 0 Å². The fourth-order valence-corrected chi connectivity index (χ4v) is 3.75. The van der Waals surface area contributed by atoms with Gasteiger partial charge in [-0.25, -0.2) is 0 Å². The number of rotatable bonds is 4. The number of ether oxygens (including phenoxy) is 2. The number of hydrogen-bond acceptors (Lipinski definition) is 3. The Morgan fingerprint density at radius 2 is 1.64 bits per heavy atom. The van der Waals surface area contributed by atoms with Crippen LogP contribution in [0, 0.1) is 0 Å². The van der Waals surface area contributed by atoms with Crippen molar-refractivity contribution in [3.63, 3.8) is 0 Å². The van der Waals surface area contributed by atoms with E-state index in [4.69, 9.17) is 9.47 Å². The molecule has 3 aromatic rings. The molecule has 4 rings (SSSR count). The molecule has 0 bridgehead atoms. The monoisotopic (exact) mass is 375 g/mol. The van der Waals surface area contributed by atoms with Crippen molar-refractivity contribution in [2.24, 2.45) is 0 Å². The normalized spacial score (nSPS) is 19.6. The minimum atomic E-state index is 0.0588. The topological polar surface area (TPSA) is 38.8 Å². The highest BCUT2D eigenvalue weighted by Crippen LogP contribution is 2.26. The Morgan fingerprint density at radius 1 is 0.964 bits per heavy atom. The third-order valence-electron chi connectivity index (χ3n) is 5.05. The first-order chi connectivity index (χ1) is 13.6. The molecule has 2 atom stereocenters. The fraction of sp³-hybridized carbons (Fsp3) is 0.292. The predicted octanol–water partition coefficient (Wildman–Crippen LogP) is 4.67. The number of carbonyl (C=O) groups is 1. The molecule has 0 radical (unpaired) electrons. The van der Waals surface area contributed by atoms with Gasteiger partial charge >= 0.3 is 0 Å². The maximum absolute atomic E-state index is 12.8. The average molecular weight is 375 g/mol. The molecule has 28 heavy (non-hydrogen) atoms. The third kappa shape index (κ3) is 4.02. The largest absolute Gasteiger partial charge is 0.488 e. The summed E-state index contributed by atoms with van der Waals surface area (Å²) in [5, 5.41) is 2.27. The van der Waals surface area contributed by atoms with Crippen LogP contribution in [0.15, 0.2) is 66.7 Å². The summed E-state index contributed by atoms with van der Waals surface area (Å²) in [5.74, 6) is 0.929. The lowest BCUT2D eigenvalue weighted by Gasteiger charge is -2.35. The Labute approximate surface area is 165 Å². The zero-order chi connectivity index (χ0) is 19.5. The fourth-order valence-electron chi connectivity index (χ4n) is 3.75. The zero-order valence-electron chi connectivity index (χ0n) is 16.3. The Bertz CT molecular complexity index is 952. The number of benzene rings is 3. The molecule has 1 aliphatic rings. The summed E-state index contributed by atoms with van der Waals surface area (Å²) in [5.41, 5.74) is 1.74. The lowest BCUT2D eigenvalue weighted by molar-refractivity contribution is -0.0586. The minimum absolute atomic E-state index is 0.0588. The number of hydrogen-bond donors (Lipinski definition) is 0. The van der Waals surface area contributed by atoms with Gasteiger partial charge in [0.1, 0.15) is 12.4 Å². The first-order valence-corrected chi connectivity index (χ1v) is 9.74. The van der Waals surface area contributed by atoms with Crippen LogP contribution >= 0.6 is 0 Å². The van der Waals surface area contributed by atoms with Crippen LogP contribution in [-0.4, -0.2) is 36.1 Å². The van der Waals surface area contributed by atoms with Crippen LogP contribution in [0.2, 0.25) is 0 Å². The van der Waals surface area contributed by atoms with Crippen LogP contribution in [-0.2, 0) is 11.3 Å². The van der Waals surface area contributed by atoms with Gasteiger partial charge in [0.05, 0.1) is 12.2 Å². The number of fused-ring (bicyclic) bond motifs is 1. The van der Waals surface area contributed by atoms with Gasteiger partial charge in [0, 0.05) is 24.0 Å². The van der Waals surface area contributed by atoms with Gasteiger partial charge in [-0.3, -0.25) is 4.79 Å². The van der Waals surface area contributed by atoms with E-state index in [1.54, 1.807) is 0 Å². The van der Waals surface area contributed by atoms with Crippen molar-refractivity contribution in [1.82, 2.24) is 4.90 Å². The summed E-state index contributed by atoms with van der Waals surface area (Å²) >= 11 is 0. The molecule has 4 nitrogen and oxygen atoms in total. The Hall–Kier alpha value is -2.85. The van der Waals surface area contributed by atoms with Crippen LogP contribution in [0.1, 0.15) is 29.8 Å². The van der Waals surface area contributed by atoms with Crippen molar-refractivity contribution in [1.29, 1.82) is 0 Å². The van der Waals surface area contributed by atoms with E-state index in [1.165, 1.54) is 0 Å². The van der Waals surface area contributed by atoms with Gasteiger partial charge in [0.2, 0.25) is 0 Å². The van der Waals surface area contributed by atoms with E-state index >= 15 is 0 Å². The summed E-state index contributed by atoms with van der Waals surface area (Å²) in [6, 6.07) is 22.0. The molecule has 0 spiro atoms. The van der Waals surface area contributed by atoms with Gasteiger partial charge in [0.25, 0.3) is 5.91 Å². The molecule has 0 saturated carbocycles. The summed E-state index contributed by atoms with van der Waals surface area (Å²) in [6.45, 7) is 5.74. The molecule has 0 unspecified atom stereocenters. The summed E-state index contributed by atoms with van der Waals surface area (Å²) in [4.78, 5) is 14.6. The minimum Gasteiger partial charge on any atom is -0.488 e. The second kappa shape index (κ2) is 8.03. The van der Waals surface area contributed by atoms with Gasteiger partial charge in [-0.15, -0.1) is 0 Å². The van der Waals surface area contributed by atoms with E-state index in [9.17, 15) is 4.79 Å². The molecule has 0 aromatic heterocycles. The number of nitrogens with zero attached hydrogens (tertiary/aromatic N) is 1. The molecule has 4 heteroatoms. The second-order valence-corrected chi connectivity index (χ2v) is 7.43. The zero-order valence-corrected chi connectivity index (χ0v) is 16.3. The van der Waals surface area contributed by atoms with Gasteiger partial charge in [0.15, 0.2) is 0 Å². The average Bonchev–Trinajstić information content (AvgIpc) is 2.71. The highest BCUT2D eigenvalue weighted by atomic mass is 16.5. The molecular formula is C24H25NO3. The van der Waals surface area contributed by atoms with E-state index in [-0.39, 0.29) is 18.1 Å². The molecule has 1 amide bonds. The van der Waals surface area contributed by atoms with Crippen LogP contribution < -0.4 is 4.74 Å². The molecule has 1 saturated heterocycles. The highest BCUT2D eigenvalue weighted by molar-refractivity contribution is 5.94. The van der Waals surface area contributed by atoms with Crippen molar-refractivity contribution in [3.05, 3.63) is 77.9 Å². The van der Waals surface area contributed by atoms with Crippen LogP contribution in [0.25, 0.3) is 10.8 Å². The molecule has 144 valence electrons. The van der Waals surface area contributed by atoms with Gasteiger partial charge in [-0.05, 0) is 43.0 Å². The lowest BCUT2D eigenvalue weighted by atomic mass is 10.1. The molecular weight excluding hydrogens is 350 g/mol. The van der Waals surface area contributed by atoms with Crippen LogP contribution in [0.4, 0.5) is 0 Å². The Morgan fingerprint density at radius 3 is 2.39 bits per heavy atom. The molecule has 1 heterocycles. The quantitative estimate of drug-likeness (QED) is 0.665. The second-order valence-electron chi connectivity index (χ2n) is 7.43. The lowest BCUT2D eigenvalue weighted by Crippen LogP contribution is -2.48. The van der Waals surface area contributed by atoms with E-state index in [0.29, 0.717) is 25.3 Å². The van der Waals surface area contributed by atoms with Crippen molar-refractivity contribution in [2.45, 2.75) is 32.7 Å². The Kier molecular flexibility index (Phi) is 5.31. The van der Waals surface area contributed by atoms with Gasteiger partial charge < -0.3 is 14.4 Å². The van der Waals surface area contributed by atoms with E-state index in [0.717, 1.165) is 22.1 Å². The van der Waals surface area contributed by atoms with Crippen molar-refractivity contribution in [2.75, 3.05) is 13.1 Å². The Balaban J connectivity index is 1.42. The standard InChI is InChI=1S/C24H25NO3/c1-17-14-25(15-18(2)28-17)24(26)21-12-10-19(11-13-21)16-27-23-9-5-7-20-6-3-4-8-22(20)23/h3-13,17-18H,14-16H2,1-2H3/t17-,18-/m0/s1.